The van der Waals surface area contributed by atoms with E-state index in [2.05, 4.69) is 9.47 Å². The normalized spacial score (nSPS) is 11.1. The molecule has 0 bridgehead atoms. The standard InChI is InChI=1S/C12H13FN2O6/c1-3-20-9(16)5-8(11(18)21-4-2)15-6-7(13)10(17)14-12(15)19/h5-6H,3-4H2,1-2H3,(H,14,17,19)/b8-5-. The largest absolute Gasteiger partial charge is 0.463 e. The van der Waals surface area contributed by atoms with Gasteiger partial charge in [0.15, 0.2) is 0 Å². The van der Waals surface area contributed by atoms with Gasteiger partial charge in [0.2, 0.25) is 5.82 Å². The highest BCUT2D eigenvalue weighted by Crippen LogP contribution is 2.05. The van der Waals surface area contributed by atoms with Gasteiger partial charge in [-0.15, -0.1) is 0 Å². The van der Waals surface area contributed by atoms with Crippen molar-refractivity contribution in [2.24, 2.45) is 0 Å². The van der Waals surface area contributed by atoms with Crippen molar-refractivity contribution in [1.29, 1.82) is 0 Å². The van der Waals surface area contributed by atoms with Crippen LogP contribution in [0.25, 0.3) is 5.70 Å². The number of carbonyl (C=O) groups is 2. The number of nitrogens with one attached hydrogen (secondary N) is 1. The Morgan fingerprint density at radius 2 is 1.90 bits per heavy atom. The molecule has 9 heteroatoms. The average Bonchev–Trinajstić information content (AvgIpc) is 2.41. The Balaban J connectivity index is 3.41. The highest BCUT2D eigenvalue weighted by atomic mass is 19.1. The first-order chi connectivity index (χ1) is 9.90. The van der Waals surface area contributed by atoms with Crippen molar-refractivity contribution >= 4 is 17.6 Å². The van der Waals surface area contributed by atoms with Gasteiger partial charge in [0.05, 0.1) is 25.5 Å². The second kappa shape index (κ2) is 7.17. The van der Waals surface area contributed by atoms with Crippen LogP contribution in [-0.2, 0) is 19.1 Å². The van der Waals surface area contributed by atoms with Crippen LogP contribution in [0.4, 0.5) is 4.39 Å². The lowest BCUT2D eigenvalue weighted by Gasteiger charge is -2.09. The summed E-state index contributed by atoms with van der Waals surface area (Å²) in [5.41, 5.74) is -2.91. The molecular weight excluding hydrogens is 287 g/mol. The Morgan fingerprint density at radius 1 is 1.29 bits per heavy atom. The molecule has 8 nitrogen and oxygen atoms in total. The third-order valence-electron chi connectivity index (χ3n) is 2.18. The van der Waals surface area contributed by atoms with Gasteiger partial charge < -0.3 is 9.47 Å². The highest BCUT2D eigenvalue weighted by Gasteiger charge is 2.18. The number of hydrogen-bond acceptors (Lipinski definition) is 6. The van der Waals surface area contributed by atoms with Crippen LogP contribution >= 0.6 is 0 Å². The number of esters is 2. The number of halogens is 1. The maximum Gasteiger partial charge on any atom is 0.355 e. The Kier molecular flexibility index (Phi) is 5.58. The number of nitrogens with zero attached hydrogens (tertiary/aromatic N) is 1. The van der Waals surface area contributed by atoms with Crippen molar-refractivity contribution in [2.75, 3.05) is 13.2 Å². The number of ether oxygens (including phenoxy) is 2. The summed E-state index contributed by atoms with van der Waals surface area (Å²) in [5.74, 6) is -3.26. The molecule has 0 aliphatic rings. The number of aromatic amines is 1. The van der Waals surface area contributed by atoms with E-state index in [-0.39, 0.29) is 13.2 Å². The minimum atomic E-state index is -1.30. The molecule has 1 N–H and O–H groups in total. The molecular formula is C12H13FN2O6. The van der Waals surface area contributed by atoms with E-state index in [1.54, 1.807) is 11.9 Å². The molecule has 0 spiro atoms. The fourth-order valence-electron chi connectivity index (χ4n) is 1.35. The van der Waals surface area contributed by atoms with Gasteiger partial charge in [-0.2, -0.15) is 4.39 Å². The molecule has 0 aromatic carbocycles. The third kappa shape index (κ3) is 4.13. The topological polar surface area (TPSA) is 107 Å². The van der Waals surface area contributed by atoms with E-state index in [0.29, 0.717) is 16.8 Å². The summed E-state index contributed by atoms with van der Waals surface area (Å²) in [6, 6.07) is 0. The van der Waals surface area contributed by atoms with E-state index in [1.807, 2.05) is 0 Å². The van der Waals surface area contributed by atoms with Crippen LogP contribution < -0.4 is 11.2 Å². The van der Waals surface area contributed by atoms with E-state index >= 15 is 0 Å². The monoisotopic (exact) mass is 300 g/mol. The Bertz CT molecular complexity index is 688. The van der Waals surface area contributed by atoms with Gasteiger partial charge >= 0.3 is 17.6 Å². The van der Waals surface area contributed by atoms with Crippen LogP contribution in [0.15, 0.2) is 21.9 Å². The number of aromatic nitrogens is 2. The van der Waals surface area contributed by atoms with Gasteiger partial charge in [-0.3, -0.25) is 14.3 Å². The molecule has 0 aliphatic heterocycles. The van der Waals surface area contributed by atoms with Crippen LogP contribution in [0.1, 0.15) is 13.8 Å². The van der Waals surface area contributed by atoms with Crippen LogP contribution in [0.3, 0.4) is 0 Å². The van der Waals surface area contributed by atoms with Crippen molar-refractivity contribution in [2.45, 2.75) is 13.8 Å². The van der Waals surface area contributed by atoms with Crippen LogP contribution in [-0.4, -0.2) is 34.7 Å². The molecule has 0 saturated carbocycles. The summed E-state index contributed by atoms with van der Waals surface area (Å²) in [6.45, 7) is 3.07. The SMILES string of the molecule is CCOC(=O)/C=C(/C(=O)OCC)n1cc(F)c(=O)[nH]c1=O. The van der Waals surface area contributed by atoms with Gasteiger partial charge in [-0.1, -0.05) is 0 Å². The number of H-pyrrole nitrogens is 1. The molecule has 21 heavy (non-hydrogen) atoms. The fourth-order valence-corrected chi connectivity index (χ4v) is 1.35. The maximum absolute atomic E-state index is 13.3. The highest BCUT2D eigenvalue weighted by molar-refractivity contribution is 6.14. The Labute approximate surface area is 117 Å². The smallest absolute Gasteiger partial charge is 0.355 e. The fraction of sp³-hybridized carbons (Fsp3) is 0.333. The molecule has 1 rings (SSSR count). The van der Waals surface area contributed by atoms with Crippen LogP contribution in [0.5, 0.6) is 0 Å². The molecule has 114 valence electrons. The summed E-state index contributed by atoms with van der Waals surface area (Å²) in [7, 11) is 0. The second-order valence-electron chi connectivity index (χ2n) is 3.61. The van der Waals surface area contributed by atoms with Crippen molar-refractivity contribution < 1.29 is 23.5 Å². The van der Waals surface area contributed by atoms with E-state index in [1.165, 1.54) is 6.92 Å². The number of carbonyl (C=O) groups excluding carboxylic acids is 2. The zero-order valence-corrected chi connectivity index (χ0v) is 11.3. The first-order valence-corrected chi connectivity index (χ1v) is 5.98. The van der Waals surface area contributed by atoms with Gasteiger partial charge in [0.25, 0.3) is 5.56 Å². The predicted molar refractivity (Wildman–Crippen MR) is 68.8 cm³/mol. The van der Waals surface area contributed by atoms with E-state index in [0.717, 1.165) is 0 Å². The maximum atomic E-state index is 13.3. The lowest BCUT2D eigenvalue weighted by atomic mass is 10.3. The van der Waals surface area contributed by atoms with Gasteiger partial charge in [0.1, 0.15) is 5.70 Å². The summed E-state index contributed by atoms with van der Waals surface area (Å²) in [5, 5.41) is 0. The summed E-state index contributed by atoms with van der Waals surface area (Å²) in [6.07, 6.45) is 1.17. The van der Waals surface area contributed by atoms with E-state index in [9.17, 15) is 23.6 Å². The zero-order valence-electron chi connectivity index (χ0n) is 11.3. The van der Waals surface area contributed by atoms with Crippen molar-refractivity contribution in [3.63, 3.8) is 0 Å². The Hall–Kier alpha value is -2.71. The molecule has 0 atom stereocenters. The number of hydrogen-bond donors (Lipinski definition) is 1. The molecule has 1 aromatic rings. The molecule has 0 aliphatic carbocycles. The molecule has 0 fully saturated rings. The van der Waals surface area contributed by atoms with Crippen molar-refractivity contribution in [1.82, 2.24) is 9.55 Å². The van der Waals surface area contributed by atoms with Crippen molar-refractivity contribution in [3.8, 4) is 0 Å². The van der Waals surface area contributed by atoms with Crippen LogP contribution in [0, 0.1) is 5.82 Å². The molecule has 0 unspecified atom stereocenters. The summed E-state index contributed by atoms with van der Waals surface area (Å²) in [4.78, 5) is 47.4. The first-order valence-electron chi connectivity index (χ1n) is 5.98. The molecule has 0 amide bonds. The molecule has 1 aromatic heterocycles. The lowest BCUT2D eigenvalue weighted by Crippen LogP contribution is -2.33. The summed E-state index contributed by atoms with van der Waals surface area (Å²) < 4.78 is 23.0. The third-order valence-corrected chi connectivity index (χ3v) is 2.18. The van der Waals surface area contributed by atoms with E-state index in [4.69, 9.17) is 0 Å². The predicted octanol–water partition coefficient (Wildman–Crippen LogP) is -0.357. The number of rotatable bonds is 5. The van der Waals surface area contributed by atoms with Crippen LogP contribution in [0.2, 0.25) is 0 Å². The van der Waals surface area contributed by atoms with Gasteiger partial charge in [-0.25, -0.2) is 14.4 Å². The quantitative estimate of drug-likeness (QED) is 0.588. The zero-order chi connectivity index (χ0) is 16.0. The lowest BCUT2D eigenvalue weighted by molar-refractivity contribution is -0.139. The first kappa shape index (κ1) is 16.3. The second-order valence-corrected chi connectivity index (χ2v) is 3.61. The molecule has 0 saturated heterocycles. The minimum Gasteiger partial charge on any atom is -0.463 e. The van der Waals surface area contributed by atoms with Crippen molar-refractivity contribution in [3.05, 3.63) is 38.9 Å². The van der Waals surface area contributed by atoms with Gasteiger partial charge in [0, 0.05) is 0 Å². The van der Waals surface area contributed by atoms with Gasteiger partial charge in [-0.05, 0) is 13.8 Å². The molecule has 0 radical (unpaired) electrons. The Morgan fingerprint density at radius 3 is 2.48 bits per heavy atom. The summed E-state index contributed by atoms with van der Waals surface area (Å²) >= 11 is 0. The van der Waals surface area contributed by atoms with E-state index < -0.39 is 34.7 Å². The minimum absolute atomic E-state index is 0.0282. The average molecular weight is 300 g/mol. The molecule has 1 heterocycles.